The van der Waals surface area contributed by atoms with Crippen molar-refractivity contribution in [3.8, 4) is 6.07 Å². The third-order valence-electron chi connectivity index (χ3n) is 4.11. The molecule has 0 unspecified atom stereocenters. The molecule has 0 fully saturated rings. The number of esters is 1. The van der Waals surface area contributed by atoms with Crippen LogP contribution in [0.25, 0.3) is 11.6 Å². The van der Waals surface area contributed by atoms with Gasteiger partial charge < -0.3 is 9.30 Å². The van der Waals surface area contributed by atoms with Crippen molar-refractivity contribution < 1.29 is 9.53 Å². The average Bonchev–Trinajstić information content (AvgIpc) is 2.87. The van der Waals surface area contributed by atoms with Crippen molar-refractivity contribution in [1.29, 1.82) is 5.26 Å². The molecule has 0 radical (unpaired) electrons. The summed E-state index contributed by atoms with van der Waals surface area (Å²) in [7, 11) is 1.35. The SMILES string of the molecule is COC(=O)c1ccc(C=C(C#N)c2nnc3n2CCCCC3)cc1. The summed E-state index contributed by atoms with van der Waals surface area (Å²) in [5.74, 6) is 1.19. The van der Waals surface area contributed by atoms with E-state index in [0.29, 0.717) is 17.0 Å². The maximum atomic E-state index is 11.5. The van der Waals surface area contributed by atoms with Gasteiger partial charge in [-0.1, -0.05) is 18.6 Å². The summed E-state index contributed by atoms with van der Waals surface area (Å²) in [4.78, 5) is 11.5. The van der Waals surface area contributed by atoms with Crippen molar-refractivity contribution in [3.05, 3.63) is 47.0 Å². The van der Waals surface area contributed by atoms with E-state index in [1.807, 2.05) is 4.57 Å². The van der Waals surface area contributed by atoms with Crippen LogP contribution < -0.4 is 0 Å². The number of ether oxygens (including phenoxy) is 1. The number of carbonyl (C=O) groups is 1. The van der Waals surface area contributed by atoms with E-state index in [1.54, 1.807) is 30.3 Å². The topological polar surface area (TPSA) is 80.8 Å². The summed E-state index contributed by atoms with van der Waals surface area (Å²) >= 11 is 0. The van der Waals surface area contributed by atoms with E-state index in [0.717, 1.165) is 37.2 Å². The Balaban J connectivity index is 1.92. The van der Waals surface area contributed by atoms with E-state index in [-0.39, 0.29) is 5.97 Å². The molecule has 0 amide bonds. The number of hydrogen-bond donors (Lipinski definition) is 0. The molecule has 1 aromatic carbocycles. The van der Waals surface area contributed by atoms with Gasteiger partial charge in [0, 0.05) is 13.0 Å². The Morgan fingerprint density at radius 2 is 2.04 bits per heavy atom. The highest BCUT2D eigenvalue weighted by Crippen LogP contribution is 2.21. The lowest BCUT2D eigenvalue weighted by Gasteiger charge is -2.06. The zero-order valence-electron chi connectivity index (χ0n) is 13.5. The number of methoxy groups -OCH3 is 1. The first kappa shape index (κ1) is 15.9. The van der Waals surface area contributed by atoms with Crippen molar-refractivity contribution in [1.82, 2.24) is 14.8 Å². The summed E-state index contributed by atoms with van der Waals surface area (Å²) in [5, 5.41) is 18.0. The van der Waals surface area contributed by atoms with E-state index in [2.05, 4.69) is 21.0 Å². The Bertz CT molecular complexity index is 813. The van der Waals surface area contributed by atoms with Crippen LogP contribution in [0.4, 0.5) is 0 Å². The Labute approximate surface area is 140 Å². The van der Waals surface area contributed by atoms with Crippen LogP contribution in [0.2, 0.25) is 0 Å². The quantitative estimate of drug-likeness (QED) is 0.641. The predicted octanol–water partition coefficient (Wildman–Crippen LogP) is 2.86. The summed E-state index contributed by atoms with van der Waals surface area (Å²) in [6.07, 6.45) is 6.02. The highest BCUT2D eigenvalue weighted by Gasteiger charge is 2.17. The van der Waals surface area contributed by atoms with Gasteiger partial charge in [-0.3, -0.25) is 0 Å². The molecule has 0 bridgehead atoms. The Morgan fingerprint density at radius 1 is 1.25 bits per heavy atom. The molecule has 0 atom stereocenters. The number of benzene rings is 1. The van der Waals surface area contributed by atoms with Crippen LogP contribution in [0.1, 0.15) is 46.8 Å². The molecule has 0 aliphatic carbocycles. The number of nitriles is 1. The molecule has 0 N–H and O–H groups in total. The minimum atomic E-state index is -0.381. The molecule has 0 saturated carbocycles. The van der Waals surface area contributed by atoms with Gasteiger partial charge >= 0.3 is 5.97 Å². The van der Waals surface area contributed by atoms with Gasteiger partial charge in [0.2, 0.25) is 0 Å². The molecule has 24 heavy (non-hydrogen) atoms. The number of aromatic nitrogens is 3. The number of nitrogens with zero attached hydrogens (tertiary/aromatic N) is 4. The van der Waals surface area contributed by atoms with Crippen LogP contribution in [0, 0.1) is 11.3 Å². The molecule has 2 aromatic rings. The Morgan fingerprint density at radius 3 is 2.75 bits per heavy atom. The Hall–Kier alpha value is -2.94. The number of aryl methyl sites for hydroxylation is 1. The smallest absolute Gasteiger partial charge is 0.337 e. The first-order valence-electron chi connectivity index (χ1n) is 7.95. The van der Waals surface area contributed by atoms with Crippen LogP contribution >= 0.6 is 0 Å². The third-order valence-corrected chi connectivity index (χ3v) is 4.11. The predicted molar refractivity (Wildman–Crippen MR) is 88.8 cm³/mol. The minimum absolute atomic E-state index is 0.381. The lowest BCUT2D eigenvalue weighted by Crippen LogP contribution is -2.05. The second kappa shape index (κ2) is 7.09. The second-order valence-electron chi connectivity index (χ2n) is 5.69. The van der Waals surface area contributed by atoms with Crippen LogP contribution in [0.5, 0.6) is 0 Å². The van der Waals surface area contributed by atoms with Gasteiger partial charge in [0.05, 0.1) is 18.2 Å². The molecule has 6 heteroatoms. The van der Waals surface area contributed by atoms with E-state index < -0.39 is 0 Å². The number of hydrogen-bond acceptors (Lipinski definition) is 5. The van der Waals surface area contributed by atoms with Crippen LogP contribution in [0.3, 0.4) is 0 Å². The summed E-state index contributed by atoms with van der Waals surface area (Å²) in [5.41, 5.74) is 1.77. The normalized spacial score (nSPS) is 14.4. The van der Waals surface area contributed by atoms with Crippen LogP contribution in [0.15, 0.2) is 24.3 Å². The van der Waals surface area contributed by atoms with Crippen molar-refractivity contribution in [2.45, 2.75) is 32.2 Å². The zero-order valence-corrected chi connectivity index (χ0v) is 13.5. The second-order valence-corrected chi connectivity index (χ2v) is 5.69. The van der Waals surface area contributed by atoms with Crippen molar-refractivity contribution in [2.75, 3.05) is 7.11 Å². The highest BCUT2D eigenvalue weighted by atomic mass is 16.5. The number of rotatable bonds is 3. The van der Waals surface area contributed by atoms with Gasteiger partial charge in [0.25, 0.3) is 0 Å². The van der Waals surface area contributed by atoms with E-state index in [1.165, 1.54) is 13.5 Å². The molecule has 0 spiro atoms. The molecule has 3 rings (SSSR count). The molecule has 1 aliphatic heterocycles. The van der Waals surface area contributed by atoms with Gasteiger partial charge in [-0.25, -0.2) is 4.79 Å². The van der Waals surface area contributed by atoms with E-state index in [9.17, 15) is 10.1 Å². The lowest BCUT2D eigenvalue weighted by atomic mass is 10.1. The Kier molecular flexibility index (Phi) is 4.71. The molecule has 6 nitrogen and oxygen atoms in total. The molecule has 0 saturated heterocycles. The molecular weight excluding hydrogens is 304 g/mol. The highest BCUT2D eigenvalue weighted by molar-refractivity contribution is 5.91. The van der Waals surface area contributed by atoms with Gasteiger partial charge in [-0.2, -0.15) is 5.26 Å². The van der Waals surface area contributed by atoms with Gasteiger partial charge in [0.1, 0.15) is 11.9 Å². The van der Waals surface area contributed by atoms with E-state index in [4.69, 9.17) is 0 Å². The zero-order chi connectivity index (χ0) is 16.9. The first-order chi connectivity index (χ1) is 11.7. The van der Waals surface area contributed by atoms with Crippen molar-refractivity contribution in [3.63, 3.8) is 0 Å². The molecule has 1 aliphatic rings. The first-order valence-corrected chi connectivity index (χ1v) is 7.95. The fourth-order valence-corrected chi connectivity index (χ4v) is 2.83. The number of carbonyl (C=O) groups excluding carboxylic acids is 1. The van der Waals surface area contributed by atoms with Crippen molar-refractivity contribution in [2.24, 2.45) is 0 Å². The largest absolute Gasteiger partial charge is 0.465 e. The maximum absolute atomic E-state index is 11.5. The third kappa shape index (κ3) is 3.20. The van der Waals surface area contributed by atoms with Crippen LogP contribution in [-0.4, -0.2) is 27.8 Å². The van der Waals surface area contributed by atoms with Gasteiger partial charge in [-0.05, 0) is 36.6 Å². The van der Waals surface area contributed by atoms with Gasteiger partial charge in [0.15, 0.2) is 5.82 Å². The monoisotopic (exact) mass is 322 g/mol. The summed E-state index contributed by atoms with van der Waals surface area (Å²) in [6.45, 7) is 0.845. The fraction of sp³-hybridized carbons (Fsp3) is 0.333. The number of allylic oxidation sites excluding steroid dienone is 1. The average molecular weight is 322 g/mol. The van der Waals surface area contributed by atoms with Gasteiger partial charge in [-0.15, -0.1) is 10.2 Å². The lowest BCUT2D eigenvalue weighted by molar-refractivity contribution is 0.0600. The minimum Gasteiger partial charge on any atom is -0.465 e. The molecule has 1 aromatic heterocycles. The van der Waals surface area contributed by atoms with E-state index >= 15 is 0 Å². The number of fused-ring (bicyclic) bond motifs is 1. The molecule has 2 heterocycles. The fourth-order valence-electron chi connectivity index (χ4n) is 2.83. The standard InChI is InChI=1S/C18H18N4O2/c1-24-18(23)14-8-6-13(7-9-14)11-15(12-19)17-21-20-16-5-3-2-4-10-22(16)17/h6-9,11H,2-5,10H2,1H3. The van der Waals surface area contributed by atoms with Crippen LogP contribution in [-0.2, 0) is 17.7 Å². The molecule has 122 valence electrons. The van der Waals surface area contributed by atoms with Crippen molar-refractivity contribution >= 4 is 17.6 Å². The maximum Gasteiger partial charge on any atom is 0.337 e. The summed E-state index contributed by atoms with van der Waals surface area (Å²) in [6, 6.07) is 9.14. The molecular formula is C18H18N4O2. The summed E-state index contributed by atoms with van der Waals surface area (Å²) < 4.78 is 6.73.